The normalized spacial score (nSPS) is 28.3. The number of aryl methyl sites for hydroxylation is 2. The number of halogens is 1. The van der Waals surface area contributed by atoms with Gasteiger partial charge in [0, 0.05) is 12.6 Å². The summed E-state index contributed by atoms with van der Waals surface area (Å²) in [5, 5.41) is 14.5. The monoisotopic (exact) mass is 251 g/mol. The Morgan fingerprint density at radius 3 is 2.76 bits per heavy atom. The highest BCUT2D eigenvalue weighted by molar-refractivity contribution is 6.30. The van der Waals surface area contributed by atoms with Crippen molar-refractivity contribution in [1.29, 1.82) is 5.26 Å². The summed E-state index contributed by atoms with van der Waals surface area (Å²) in [7, 11) is 1.84. The molecule has 0 aromatic carbocycles. The van der Waals surface area contributed by atoms with Crippen molar-refractivity contribution in [2.75, 3.05) is 0 Å². The van der Waals surface area contributed by atoms with Crippen molar-refractivity contribution >= 4 is 11.6 Å². The van der Waals surface area contributed by atoms with Gasteiger partial charge in [0.1, 0.15) is 5.15 Å². The molecule has 4 heteroatoms. The Kier molecular flexibility index (Phi) is 3.18. The lowest BCUT2D eigenvalue weighted by molar-refractivity contribution is 0.390. The molecule has 1 heterocycles. The van der Waals surface area contributed by atoms with Gasteiger partial charge in [0.05, 0.1) is 17.2 Å². The van der Waals surface area contributed by atoms with Gasteiger partial charge in [-0.05, 0) is 38.5 Å². The molecule has 3 nitrogen and oxygen atoms in total. The third-order valence-electron chi connectivity index (χ3n) is 3.88. The van der Waals surface area contributed by atoms with Crippen molar-refractivity contribution in [3.63, 3.8) is 0 Å². The first-order valence-corrected chi connectivity index (χ1v) is 6.44. The quantitative estimate of drug-likeness (QED) is 0.810. The van der Waals surface area contributed by atoms with E-state index in [-0.39, 0.29) is 5.41 Å². The first kappa shape index (κ1) is 12.4. The van der Waals surface area contributed by atoms with Gasteiger partial charge in [0.15, 0.2) is 0 Å². The molecule has 1 fully saturated rings. The zero-order valence-corrected chi connectivity index (χ0v) is 11.4. The van der Waals surface area contributed by atoms with Gasteiger partial charge in [-0.25, -0.2) is 0 Å². The molecule has 2 unspecified atom stereocenters. The third-order valence-corrected chi connectivity index (χ3v) is 4.35. The van der Waals surface area contributed by atoms with E-state index in [0.717, 1.165) is 36.9 Å². The molecule has 0 radical (unpaired) electrons. The van der Waals surface area contributed by atoms with E-state index < -0.39 is 0 Å². The van der Waals surface area contributed by atoms with E-state index in [1.807, 2.05) is 14.0 Å². The Labute approximate surface area is 107 Å². The van der Waals surface area contributed by atoms with Crippen LogP contribution in [0.4, 0.5) is 0 Å². The maximum Gasteiger partial charge on any atom is 0.130 e. The van der Waals surface area contributed by atoms with Crippen LogP contribution in [0.1, 0.15) is 37.4 Å². The molecule has 1 aromatic rings. The van der Waals surface area contributed by atoms with Crippen molar-refractivity contribution < 1.29 is 0 Å². The standard InChI is InChI=1S/C13H18ClN3/c1-9-4-5-13(6-9,8-15)7-11-10(2)16-17(3)12(11)14/h9H,4-7H2,1-3H3. The largest absolute Gasteiger partial charge is 0.257 e. The van der Waals surface area contributed by atoms with E-state index in [4.69, 9.17) is 11.6 Å². The minimum atomic E-state index is -0.225. The lowest BCUT2D eigenvalue weighted by Crippen LogP contribution is -2.18. The predicted octanol–water partition coefficient (Wildman–Crippen LogP) is 3.25. The highest BCUT2D eigenvalue weighted by Gasteiger charge is 2.39. The van der Waals surface area contributed by atoms with E-state index in [1.165, 1.54) is 0 Å². The third kappa shape index (κ3) is 2.19. The van der Waals surface area contributed by atoms with Gasteiger partial charge in [0.25, 0.3) is 0 Å². The lowest BCUT2D eigenvalue weighted by Gasteiger charge is -2.20. The fraction of sp³-hybridized carbons (Fsp3) is 0.692. The van der Waals surface area contributed by atoms with Gasteiger partial charge in [-0.2, -0.15) is 10.4 Å². The van der Waals surface area contributed by atoms with Crippen LogP contribution in [0.5, 0.6) is 0 Å². The summed E-state index contributed by atoms with van der Waals surface area (Å²) in [6.07, 6.45) is 3.85. The zero-order chi connectivity index (χ0) is 12.6. The molecule has 1 aliphatic rings. The number of hydrogen-bond donors (Lipinski definition) is 0. The summed E-state index contributed by atoms with van der Waals surface area (Å²) in [4.78, 5) is 0. The van der Waals surface area contributed by atoms with Crippen molar-refractivity contribution in [3.05, 3.63) is 16.4 Å². The summed E-state index contributed by atoms with van der Waals surface area (Å²) in [6.45, 7) is 4.18. The van der Waals surface area contributed by atoms with Crippen LogP contribution in [-0.4, -0.2) is 9.78 Å². The van der Waals surface area contributed by atoms with Crippen LogP contribution in [0.15, 0.2) is 0 Å². The molecule has 1 saturated carbocycles. The van der Waals surface area contributed by atoms with E-state index in [2.05, 4.69) is 18.1 Å². The fourth-order valence-corrected chi connectivity index (χ4v) is 3.15. The summed E-state index contributed by atoms with van der Waals surface area (Å²) >= 11 is 6.24. The Morgan fingerprint density at radius 1 is 1.65 bits per heavy atom. The second-order valence-electron chi connectivity index (χ2n) is 5.40. The van der Waals surface area contributed by atoms with Crippen LogP contribution in [-0.2, 0) is 13.5 Å². The van der Waals surface area contributed by atoms with Crippen molar-refractivity contribution in [2.45, 2.75) is 39.5 Å². The van der Waals surface area contributed by atoms with Gasteiger partial charge >= 0.3 is 0 Å². The molecule has 0 bridgehead atoms. The highest BCUT2D eigenvalue weighted by atomic mass is 35.5. The maximum atomic E-state index is 9.46. The smallest absolute Gasteiger partial charge is 0.130 e. The van der Waals surface area contributed by atoms with Gasteiger partial charge in [0.2, 0.25) is 0 Å². The molecule has 1 aliphatic carbocycles. The van der Waals surface area contributed by atoms with Crippen LogP contribution in [0, 0.1) is 29.6 Å². The molecular weight excluding hydrogens is 234 g/mol. The van der Waals surface area contributed by atoms with Crippen molar-refractivity contribution in [2.24, 2.45) is 18.4 Å². The maximum absolute atomic E-state index is 9.46. The zero-order valence-electron chi connectivity index (χ0n) is 10.6. The molecule has 2 rings (SSSR count). The predicted molar refractivity (Wildman–Crippen MR) is 67.7 cm³/mol. The summed E-state index contributed by atoms with van der Waals surface area (Å²) in [5.41, 5.74) is 1.77. The Hall–Kier alpha value is -1.01. The molecule has 17 heavy (non-hydrogen) atoms. The number of aromatic nitrogens is 2. The van der Waals surface area contributed by atoms with Crippen molar-refractivity contribution in [3.8, 4) is 6.07 Å². The molecular formula is C13H18ClN3. The van der Waals surface area contributed by atoms with Gasteiger partial charge < -0.3 is 0 Å². The molecule has 2 atom stereocenters. The highest BCUT2D eigenvalue weighted by Crippen LogP contribution is 2.44. The molecule has 1 aromatic heterocycles. The van der Waals surface area contributed by atoms with Crippen LogP contribution in [0.25, 0.3) is 0 Å². The van der Waals surface area contributed by atoms with Crippen LogP contribution in [0.2, 0.25) is 5.15 Å². The Bertz CT molecular complexity index is 472. The average molecular weight is 252 g/mol. The molecule has 0 spiro atoms. The summed E-state index contributed by atoms with van der Waals surface area (Å²) < 4.78 is 1.69. The van der Waals surface area contributed by atoms with Gasteiger partial charge in [-0.1, -0.05) is 18.5 Å². The minimum absolute atomic E-state index is 0.225. The molecule has 0 amide bonds. The second kappa shape index (κ2) is 4.34. The first-order valence-electron chi connectivity index (χ1n) is 6.07. The number of nitriles is 1. The first-order chi connectivity index (χ1) is 7.97. The average Bonchev–Trinajstić information content (AvgIpc) is 2.76. The number of nitrogens with zero attached hydrogens (tertiary/aromatic N) is 3. The van der Waals surface area contributed by atoms with Crippen LogP contribution >= 0.6 is 11.6 Å². The lowest BCUT2D eigenvalue weighted by atomic mass is 9.81. The van der Waals surface area contributed by atoms with E-state index >= 15 is 0 Å². The number of hydrogen-bond acceptors (Lipinski definition) is 2. The Morgan fingerprint density at radius 2 is 2.35 bits per heavy atom. The van der Waals surface area contributed by atoms with Gasteiger partial charge in [-0.3, -0.25) is 4.68 Å². The molecule has 0 aliphatic heterocycles. The summed E-state index contributed by atoms with van der Waals surface area (Å²) in [6, 6.07) is 2.52. The molecule has 0 saturated heterocycles. The van der Waals surface area contributed by atoms with Crippen LogP contribution < -0.4 is 0 Å². The molecule has 92 valence electrons. The van der Waals surface area contributed by atoms with E-state index in [0.29, 0.717) is 11.1 Å². The van der Waals surface area contributed by atoms with Crippen LogP contribution in [0.3, 0.4) is 0 Å². The minimum Gasteiger partial charge on any atom is -0.257 e. The summed E-state index contributed by atoms with van der Waals surface area (Å²) in [5.74, 6) is 0.644. The Balaban J connectivity index is 2.28. The second-order valence-corrected chi connectivity index (χ2v) is 5.75. The van der Waals surface area contributed by atoms with Gasteiger partial charge in [-0.15, -0.1) is 0 Å². The fourth-order valence-electron chi connectivity index (χ4n) is 2.91. The SMILES string of the molecule is Cc1nn(C)c(Cl)c1CC1(C#N)CCC(C)C1. The van der Waals surface area contributed by atoms with E-state index in [1.54, 1.807) is 4.68 Å². The van der Waals surface area contributed by atoms with E-state index in [9.17, 15) is 5.26 Å². The molecule has 0 N–H and O–H groups in total. The van der Waals surface area contributed by atoms with Crippen molar-refractivity contribution in [1.82, 2.24) is 9.78 Å². The topological polar surface area (TPSA) is 41.6 Å². The number of rotatable bonds is 2.